The Balaban J connectivity index is 0.000000297. The van der Waals surface area contributed by atoms with E-state index in [1.807, 2.05) is 0 Å². The molecule has 0 bridgehead atoms. The van der Waals surface area contributed by atoms with Crippen LogP contribution in [0.3, 0.4) is 0 Å². The first kappa shape index (κ1) is 19.1. The molecule has 0 saturated heterocycles. The fourth-order valence-corrected chi connectivity index (χ4v) is 2.78. The molecule has 3 aliphatic rings. The largest absolute Gasteiger partial charge is 0.328 e. The monoisotopic (exact) mass is 592 g/mol. The molecule has 3 aliphatic carbocycles. The van der Waals surface area contributed by atoms with Crippen molar-refractivity contribution in [3.63, 3.8) is 0 Å². The van der Waals surface area contributed by atoms with Crippen molar-refractivity contribution in [1.82, 2.24) is 0 Å². The Hall–Kier alpha value is 1.06. The average molecular weight is 591 g/mol. The number of allylic oxidation sites excluding steroid dienone is 2. The van der Waals surface area contributed by atoms with Gasteiger partial charge < -0.3 is 12.8 Å². The van der Waals surface area contributed by atoms with Crippen molar-refractivity contribution >= 4 is 0 Å². The zero-order valence-corrected chi connectivity index (χ0v) is 16.9. The van der Waals surface area contributed by atoms with E-state index in [0.29, 0.717) is 0 Å². The van der Waals surface area contributed by atoms with Gasteiger partial charge in [0.1, 0.15) is 0 Å². The molecule has 2 fully saturated rings. The quantitative estimate of drug-likeness (QED) is 0.294. The average Bonchev–Trinajstić information content (AvgIpc) is 3.16. The van der Waals surface area contributed by atoms with Crippen LogP contribution in [-0.2, 0) is 40.8 Å². The van der Waals surface area contributed by atoms with Crippen molar-refractivity contribution in [3.05, 3.63) is 24.5 Å². The van der Waals surface area contributed by atoms with Crippen LogP contribution in [0.5, 0.6) is 0 Å². The fraction of sp³-hybridized carbons (Fsp3) is 0.750. The van der Waals surface area contributed by atoms with Crippen LogP contribution in [-0.4, -0.2) is 0 Å². The predicted octanol–water partition coefficient (Wildman–Crippen LogP) is 5.11. The third-order valence-electron chi connectivity index (χ3n) is 4.13. The minimum absolute atomic E-state index is 0. The van der Waals surface area contributed by atoms with Gasteiger partial charge in [-0.15, -0.1) is 0 Å². The summed E-state index contributed by atoms with van der Waals surface area (Å²) in [6, 6.07) is 0. The van der Waals surface area contributed by atoms with Crippen LogP contribution in [0, 0.1) is 24.7 Å². The smallest absolute Gasteiger partial charge is 0 e. The van der Waals surface area contributed by atoms with Crippen LogP contribution in [0.4, 0.5) is 0 Å². The molecular weight excluding hydrogens is 565 g/mol. The molecule has 0 aromatic carbocycles. The Morgan fingerprint density at radius 1 is 0.889 bits per heavy atom. The zero-order valence-electron chi connectivity index (χ0n) is 11.5. The molecule has 0 spiro atoms. The normalized spacial score (nSPS) is 23.7. The molecule has 2 saturated carbocycles. The van der Waals surface area contributed by atoms with Gasteiger partial charge in [-0.2, -0.15) is 25.7 Å². The summed E-state index contributed by atoms with van der Waals surface area (Å²) < 4.78 is 0. The molecular formula is C16H26Re2-2. The van der Waals surface area contributed by atoms with Crippen molar-refractivity contribution < 1.29 is 40.8 Å². The minimum Gasteiger partial charge on any atom is -0.328 e. The van der Waals surface area contributed by atoms with Crippen LogP contribution in [0.15, 0.2) is 11.6 Å². The molecule has 0 aromatic heterocycles. The van der Waals surface area contributed by atoms with E-state index >= 15 is 0 Å². The van der Waals surface area contributed by atoms with E-state index in [-0.39, 0.29) is 40.8 Å². The molecule has 0 amide bonds. The topological polar surface area (TPSA) is 0 Å². The van der Waals surface area contributed by atoms with E-state index < -0.39 is 0 Å². The summed E-state index contributed by atoms with van der Waals surface area (Å²) in [4.78, 5) is 0. The van der Waals surface area contributed by atoms with Crippen LogP contribution in [0.25, 0.3) is 0 Å². The molecule has 18 heavy (non-hydrogen) atoms. The second kappa shape index (κ2) is 10.8. The molecule has 0 N–H and O–H groups in total. The standard InChI is InChI=1S/C9H13.C7H13.2Re/c1-2-4-8(5-3-1)9-6-7-9;1-7-5-3-2-4-6-7;;/h1,6,8H,2-5,7H2;2,7H,3-6H2,1H3;;/q2*-1;;. The molecule has 0 aliphatic heterocycles. The van der Waals surface area contributed by atoms with Gasteiger partial charge in [-0.1, -0.05) is 44.3 Å². The van der Waals surface area contributed by atoms with Gasteiger partial charge in [-0.05, 0) is 18.3 Å². The molecule has 3 rings (SSSR count). The fourth-order valence-electron chi connectivity index (χ4n) is 2.78. The van der Waals surface area contributed by atoms with Gasteiger partial charge in [0.05, 0.1) is 0 Å². The van der Waals surface area contributed by atoms with E-state index in [0.717, 1.165) is 11.8 Å². The molecule has 2 heteroatoms. The van der Waals surface area contributed by atoms with Crippen molar-refractivity contribution in [1.29, 1.82) is 0 Å². The van der Waals surface area contributed by atoms with Gasteiger partial charge in [0.25, 0.3) is 0 Å². The maximum absolute atomic E-state index is 2.43. The Morgan fingerprint density at radius 3 is 1.67 bits per heavy atom. The first-order valence-corrected chi connectivity index (χ1v) is 7.18. The third kappa shape index (κ3) is 7.60. The second-order valence-corrected chi connectivity index (χ2v) is 5.67. The molecule has 0 atom stereocenters. The number of rotatable bonds is 1. The van der Waals surface area contributed by atoms with Gasteiger partial charge in [-0.25, -0.2) is 0 Å². The van der Waals surface area contributed by atoms with E-state index in [4.69, 9.17) is 0 Å². The third-order valence-corrected chi connectivity index (χ3v) is 4.13. The first-order chi connectivity index (χ1) is 7.86. The van der Waals surface area contributed by atoms with Gasteiger partial charge >= 0.3 is 0 Å². The Kier molecular flexibility index (Phi) is 11.4. The maximum Gasteiger partial charge on any atom is 0 e. The van der Waals surface area contributed by atoms with E-state index in [1.165, 1.54) is 57.8 Å². The van der Waals surface area contributed by atoms with Gasteiger partial charge in [0, 0.05) is 40.8 Å². The van der Waals surface area contributed by atoms with Crippen LogP contribution in [0.2, 0.25) is 0 Å². The molecule has 0 aromatic rings. The first-order valence-electron chi connectivity index (χ1n) is 7.18. The summed E-state index contributed by atoms with van der Waals surface area (Å²) in [5, 5.41) is 0. The maximum atomic E-state index is 2.43. The molecule has 2 radical (unpaired) electrons. The van der Waals surface area contributed by atoms with Crippen molar-refractivity contribution in [2.24, 2.45) is 11.8 Å². The summed E-state index contributed by atoms with van der Waals surface area (Å²) >= 11 is 0. The summed E-state index contributed by atoms with van der Waals surface area (Å²) in [7, 11) is 0. The van der Waals surface area contributed by atoms with Gasteiger partial charge in [0.2, 0.25) is 0 Å². The van der Waals surface area contributed by atoms with Crippen molar-refractivity contribution in [2.75, 3.05) is 0 Å². The molecule has 106 valence electrons. The summed E-state index contributed by atoms with van der Waals surface area (Å²) in [5.41, 5.74) is 1.75. The zero-order chi connectivity index (χ0) is 11.2. The SMILES string of the molecule is C1=C(C2CC[CH-]CC2)C1.CC1CC[CH-]CC1.[Re].[Re]. The molecule has 0 nitrogen and oxygen atoms in total. The Labute approximate surface area is 141 Å². The van der Waals surface area contributed by atoms with E-state index in [1.54, 1.807) is 5.57 Å². The Morgan fingerprint density at radius 2 is 1.33 bits per heavy atom. The Bertz CT molecular complexity index is 223. The van der Waals surface area contributed by atoms with Gasteiger partial charge in [-0.3, -0.25) is 0 Å². The molecule has 0 unspecified atom stereocenters. The number of hydrogen-bond acceptors (Lipinski definition) is 0. The number of hydrogen-bond donors (Lipinski definition) is 0. The predicted molar refractivity (Wildman–Crippen MR) is 70.9 cm³/mol. The van der Waals surface area contributed by atoms with Crippen molar-refractivity contribution in [3.8, 4) is 0 Å². The van der Waals surface area contributed by atoms with E-state index in [2.05, 4.69) is 25.8 Å². The summed E-state index contributed by atoms with van der Waals surface area (Å²) in [5.74, 6) is 2.00. The van der Waals surface area contributed by atoms with Crippen LogP contribution in [0.1, 0.15) is 64.7 Å². The minimum atomic E-state index is 0. The molecule has 0 heterocycles. The summed E-state index contributed by atoms with van der Waals surface area (Å²) in [6.45, 7) is 2.34. The van der Waals surface area contributed by atoms with Crippen LogP contribution >= 0.6 is 0 Å². The van der Waals surface area contributed by atoms with Gasteiger partial charge in [0.15, 0.2) is 0 Å². The second-order valence-electron chi connectivity index (χ2n) is 5.67. The van der Waals surface area contributed by atoms with Crippen LogP contribution < -0.4 is 0 Å². The van der Waals surface area contributed by atoms with E-state index in [9.17, 15) is 0 Å². The van der Waals surface area contributed by atoms with Crippen molar-refractivity contribution in [2.45, 2.75) is 64.7 Å². The summed E-state index contributed by atoms with van der Waals surface area (Å²) in [6.07, 6.45) is 19.7.